The molecule has 20 heavy (non-hydrogen) atoms. The molecular weight excluding hydrogens is 345 g/mol. The third kappa shape index (κ3) is 2.03. The first kappa shape index (κ1) is 15.0. The van der Waals surface area contributed by atoms with E-state index in [1.807, 2.05) is 0 Å². The third-order valence-corrected chi connectivity index (χ3v) is 3.87. The fourth-order valence-electron chi connectivity index (χ4n) is 1.85. The number of aliphatic hydroxyl groups is 1. The van der Waals surface area contributed by atoms with Crippen LogP contribution in [0.2, 0.25) is 0 Å². The molecule has 0 spiro atoms. The lowest BCUT2D eigenvalue weighted by molar-refractivity contribution is -0.297. The lowest BCUT2D eigenvalue weighted by Gasteiger charge is -2.32. The Hall–Kier alpha value is -1.42. The van der Waals surface area contributed by atoms with Gasteiger partial charge in [0.15, 0.2) is 0 Å². The van der Waals surface area contributed by atoms with E-state index in [0.717, 1.165) is 10.9 Å². The molecule has 0 radical (unpaired) electrons. The van der Waals surface area contributed by atoms with E-state index < -0.39 is 24.2 Å². The molecule has 0 saturated heterocycles. The maximum absolute atomic E-state index is 12.9. The number of carbonyl (C=O) groups excluding carboxylic acids is 1. The van der Waals surface area contributed by atoms with Crippen LogP contribution >= 0.6 is 15.9 Å². The summed E-state index contributed by atoms with van der Waals surface area (Å²) in [4.78, 5) is 12.2. The smallest absolute Gasteiger partial charge is 0.362 e. The molecule has 0 bridgehead atoms. The van der Waals surface area contributed by atoms with E-state index in [9.17, 15) is 23.1 Å². The number of carbonyl (C=O) groups is 1. The van der Waals surface area contributed by atoms with Crippen molar-refractivity contribution in [2.45, 2.75) is 25.2 Å². The summed E-state index contributed by atoms with van der Waals surface area (Å²) in [5.41, 5.74) is -3.01. The molecule has 0 fully saturated rings. The van der Waals surface area contributed by atoms with Gasteiger partial charge in [-0.15, -0.1) is 0 Å². The summed E-state index contributed by atoms with van der Waals surface area (Å²) in [5.74, 6) is -1.09. The van der Waals surface area contributed by atoms with Gasteiger partial charge in [0.25, 0.3) is 11.6 Å². The van der Waals surface area contributed by atoms with Crippen LogP contribution in [0.15, 0.2) is 9.57 Å². The largest absolute Gasteiger partial charge is 0.438 e. The Morgan fingerprint density at radius 1 is 1.55 bits per heavy atom. The lowest BCUT2D eigenvalue weighted by atomic mass is 10.1. The number of hydrogen-bond acceptors (Lipinski definition) is 4. The minimum Gasteiger partial charge on any atom is -0.362 e. The highest BCUT2D eigenvalue weighted by Gasteiger charge is 2.62. The molecule has 1 N–H and O–H groups in total. The summed E-state index contributed by atoms with van der Waals surface area (Å²) in [6.45, 7) is 1.59. The molecule has 0 aliphatic carbocycles. The first-order valence-electron chi connectivity index (χ1n) is 5.45. The highest BCUT2D eigenvalue weighted by Crippen LogP contribution is 2.39. The van der Waals surface area contributed by atoms with Gasteiger partial charge in [-0.2, -0.15) is 28.4 Å². The molecule has 0 aromatic carbocycles. The Bertz CT molecular complexity index is 598. The van der Waals surface area contributed by atoms with Gasteiger partial charge in [0, 0.05) is 19.7 Å². The fraction of sp³-hybridized carbons (Fsp3) is 0.500. The van der Waals surface area contributed by atoms with Crippen LogP contribution in [0.3, 0.4) is 0 Å². The van der Waals surface area contributed by atoms with Gasteiger partial charge in [-0.25, -0.2) is 0 Å². The van der Waals surface area contributed by atoms with Crippen LogP contribution in [0.1, 0.15) is 22.6 Å². The number of rotatable bonds is 1. The Morgan fingerprint density at radius 2 is 2.15 bits per heavy atom. The third-order valence-electron chi connectivity index (χ3n) is 2.92. The Labute approximate surface area is 120 Å². The summed E-state index contributed by atoms with van der Waals surface area (Å²) < 4.78 is 40.2. The van der Waals surface area contributed by atoms with Gasteiger partial charge in [-0.1, -0.05) is 0 Å². The molecule has 1 amide bonds. The van der Waals surface area contributed by atoms with Gasteiger partial charge in [-0.3, -0.25) is 9.48 Å². The van der Waals surface area contributed by atoms with Gasteiger partial charge >= 0.3 is 6.18 Å². The zero-order valence-corrected chi connectivity index (χ0v) is 12.0. The van der Waals surface area contributed by atoms with Crippen molar-refractivity contribution in [1.29, 1.82) is 0 Å². The SMILES string of the molecule is Cc1nn(C)c(C(=O)N2N=CC[C@]2(O)C(F)(F)F)c1Br. The predicted molar refractivity (Wildman–Crippen MR) is 65.9 cm³/mol. The van der Waals surface area contributed by atoms with Gasteiger partial charge < -0.3 is 5.11 Å². The van der Waals surface area contributed by atoms with Crippen molar-refractivity contribution in [1.82, 2.24) is 14.8 Å². The number of alkyl halides is 3. The van der Waals surface area contributed by atoms with Crippen molar-refractivity contribution < 1.29 is 23.1 Å². The molecule has 0 saturated carbocycles. The lowest BCUT2D eigenvalue weighted by Crippen LogP contribution is -2.56. The number of hydrazone groups is 1. The molecule has 1 aromatic heterocycles. The molecule has 2 rings (SSSR count). The van der Waals surface area contributed by atoms with E-state index in [1.165, 1.54) is 7.05 Å². The van der Waals surface area contributed by atoms with E-state index in [2.05, 4.69) is 26.1 Å². The van der Waals surface area contributed by atoms with Crippen LogP contribution in [0.4, 0.5) is 13.2 Å². The standard InChI is InChI=1S/C10H10BrF3N4O2/c1-5-6(11)7(17(2)16-5)8(19)18-9(20,3-4-15-18)10(12,13)14/h4,20H,3H2,1-2H3/t9-/m0/s1. The number of halogens is 4. The molecule has 1 atom stereocenters. The minimum atomic E-state index is -5.01. The van der Waals surface area contributed by atoms with Gasteiger partial charge in [-0.05, 0) is 22.9 Å². The number of aryl methyl sites for hydroxylation is 2. The van der Waals surface area contributed by atoms with Gasteiger partial charge in [0.05, 0.1) is 10.2 Å². The summed E-state index contributed by atoms with van der Waals surface area (Å²) in [6.07, 6.45) is -4.97. The van der Waals surface area contributed by atoms with E-state index in [1.54, 1.807) is 6.92 Å². The van der Waals surface area contributed by atoms with Gasteiger partial charge in [0.1, 0.15) is 5.69 Å². The molecule has 1 aliphatic rings. The summed E-state index contributed by atoms with van der Waals surface area (Å²) in [5, 5.41) is 17.0. The van der Waals surface area contributed by atoms with Crippen LogP contribution in [0, 0.1) is 6.92 Å². The number of nitrogens with zero attached hydrogens (tertiary/aromatic N) is 4. The molecule has 0 unspecified atom stereocenters. The molecule has 1 aromatic rings. The summed E-state index contributed by atoms with van der Waals surface area (Å²) in [6, 6.07) is 0. The highest BCUT2D eigenvalue weighted by atomic mass is 79.9. The second-order valence-electron chi connectivity index (χ2n) is 4.31. The fourth-order valence-corrected chi connectivity index (χ4v) is 2.36. The molecular formula is C10H10BrF3N4O2. The highest BCUT2D eigenvalue weighted by molar-refractivity contribution is 9.10. The Kier molecular flexibility index (Phi) is 3.41. The number of aromatic nitrogens is 2. The first-order chi connectivity index (χ1) is 9.09. The van der Waals surface area contributed by atoms with Crippen molar-refractivity contribution in [2.24, 2.45) is 12.1 Å². The van der Waals surface area contributed by atoms with Crippen LogP contribution in [-0.2, 0) is 7.05 Å². The zero-order chi connectivity index (χ0) is 15.3. The second kappa shape index (κ2) is 4.55. The zero-order valence-electron chi connectivity index (χ0n) is 10.4. The van der Waals surface area contributed by atoms with E-state index in [-0.39, 0.29) is 15.2 Å². The predicted octanol–water partition coefficient (Wildman–Crippen LogP) is 1.57. The van der Waals surface area contributed by atoms with Crippen molar-refractivity contribution in [3.63, 3.8) is 0 Å². The minimum absolute atomic E-state index is 0.0359. The Balaban J connectivity index is 2.46. The number of amides is 1. The first-order valence-corrected chi connectivity index (χ1v) is 6.24. The maximum Gasteiger partial charge on any atom is 0.438 e. The van der Waals surface area contributed by atoms with Crippen molar-refractivity contribution in [3.8, 4) is 0 Å². The molecule has 110 valence electrons. The van der Waals surface area contributed by atoms with Crippen LogP contribution in [0.25, 0.3) is 0 Å². The summed E-state index contributed by atoms with van der Waals surface area (Å²) in [7, 11) is 1.41. The second-order valence-corrected chi connectivity index (χ2v) is 5.10. The van der Waals surface area contributed by atoms with E-state index in [0.29, 0.717) is 5.69 Å². The molecule has 6 nitrogen and oxygen atoms in total. The van der Waals surface area contributed by atoms with E-state index in [4.69, 9.17) is 0 Å². The van der Waals surface area contributed by atoms with Crippen molar-refractivity contribution in [3.05, 3.63) is 15.9 Å². The van der Waals surface area contributed by atoms with Crippen LogP contribution in [-0.4, -0.2) is 43.9 Å². The van der Waals surface area contributed by atoms with Crippen molar-refractivity contribution in [2.75, 3.05) is 0 Å². The van der Waals surface area contributed by atoms with Crippen LogP contribution < -0.4 is 0 Å². The number of hydrogen-bond donors (Lipinski definition) is 1. The average Bonchev–Trinajstić information content (AvgIpc) is 2.81. The van der Waals surface area contributed by atoms with Gasteiger partial charge in [0.2, 0.25) is 0 Å². The molecule has 1 aliphatic heterocycles. The molecule has 10 heteroatoms. The average molecular weight is 355 g/mol. The van der Waals surface area contributed by atoms with Crippen LogP contribution in [0.5, 0.6) is 0 Å². The maximum atomic E-state index is 12.9. The molecule has 2 heterocycles. The topological polar surface area (TPSA) is 70.7 Å². The quantitative estimate of drug-likeness (QED) is 0.832. The summed E-state index contributed by atoms with van der Waals surface area (Å²) >= 11 is 3.09. The van der Waals surface area contributed by atoms with Crippen molar-refractivity contribution >= 4 is 28.1 Å². The Morgan fingerprint density at radius 3 is 2.60 bits per heavy atom. The van der Waals surface area contributed by atoms with E-state index >= 15 is 0 Å². The monoisotopic (exact) mass is 354 g/mol. The normalized spacial score (nSPS) is 22.6.